The lowest BCUT2D eigenvalue weighted by Crippen LogP contribution is -2.48. The molecule has 0 aromatic rings. The van der Waals surface area contributed by atoms with Gasteiger partial charge in [-0.3, -0.25) is 4.90 Å². The van der Waals surface area contributed by atoms with Crippen LogP contribution in [0.3, 0.4) is 0 Å². The van der Waals surface area contributed by atoms with E-state index < -0.39 is 0 Å². The third-order valence-electron chi connectivity index (χ3n) is 4.63. The third-order valence-corrected chi connectivity index (χ3v) is 4.63. The molecule has 0 spiro atoms. The maximum atomic E-state index is 6.02. The normalized spacial score (nSPS) is 37.9. The molecule has 17 heavy (non-hydrogen) atoms. The van der Waals surface area contributed by atoms with Crippen molar-refractivity contribution in [3.05, 3.63) is 0 Å². The van der Waals surface area contributed by atoms with Gasteiger partial charge in [0.1, 0.15) is 0 Å². The molecule has 1 saturated carbocycles. The van der Waals surface area contributed by atoms with Crippen LogP contribution in [0.5, 0.6) is 0 Å². The average molecular weight is 239 g/mol. The number of rotatable bonds is 2. The van der Waals surface area contributed by atoms with Crippen LogP contribution < -0.4 is 5.73 Å². The van der Waals surface area contributed by atoms with Crippen LogP contribution in [0.2, 0.25) is 0 Å². The molecule has 1 saturated heterocycles. The van der Waals surface area contributed by atoms with E-state index in [2.05, 4.69) is 23.8 Å². The lowest BCUT2D eigenvalue weighted by atomic mass is 9.89. The first-order valence-corrected chi connectivity index (χ1v) is 7.40. The Bertz CT molecular complexity index is 224. The van der Waals surface area contributed by atoms with Gasteiger partial charge in [-0.25, -0.2) is 0 Å². The maximum Gasteiger partial charge on any atom is 0.0223 e. The molecule has 0 amide bonds. The Morgan fingerprint density at radius 2 is 1.82 bits per heavy atom. The zero-order chi connectivity index (χ0) is 12.3. The van der Waals surface area contributed by atoms with Gasteiger partial charge in [0.15, 0.2) is 0 Å². The highest BCUT2D eigenvalue weighted by Gasteiger charge is 2.30. The number of hydrogen-bond acceptors (Lipinski definition) is 3. The van der Waals surface area contributed by atoms with Gasteiger partial charge in [0.05, 0.1) is 0 Å². The highest BCUT2D eigenvalue weighted by atomic mass is 15.2. The zero-order valence-corrected chi connectivity index (χ0v) is 11.6. The summed E-state index contributed by atoms with van der Waals surface area (Å²) in [5, 5.41) is 0. The fraction of sp³-hybridized carbons (Fsp3) is 1.00. The first kappa shape index (κ1) is 13.3. The van der Waals surface area contributed by atoms with E-state index in [1.807, 2.05) is 0 Å². The molecular weight excluding hydrogens is 210 g/mol. The summed E-state index contributed by atoms with van der Waals surface area (Å²) in [5.74, 6) is 0. The Morgan fingerprint density at radius 3 is 2.47 bits per heavy atom. The lowest BCUT2D eigenvalue weighted by molar-refractivity contribution is 0.0972. The minimum absolute atomic E-state index is 0.473. The molecule has 0 aromatic carbocycles. The van der Waals surface area contributed by atoms with E-state index in [4.69, 9.17) is 5.73 Å². The summed E-state index contributed by atoms with van der Waals surface area (Å²) in [6.45, 7) is 6.15. The van der Waals surface area contributed by atoms with Crippen molar-refractivity contribution in [1.82, 2.24) is 9.80 Å². The van der Waals surface area contributed by atoms with Crippen LogP contribution in [-0.2, 0) is 0 Å². The van der Waals surface area contributed by atoms with Crippen molar-refractivity contribution in [2.45, 2.75) is 63.6 Å². The first-order chi connectivity index (χ1) is 8.20. The number of nitrogens with two attached hydrogens (primary N) is 1. The fourth-order valence-corrected chi connectivity index (χ4v) is 3.54. The van der Waals surface area contributed by atoms with Gasteiger partial charge in [-0.05, 0) is 58.7 Å². The summed E-state index contributed by atoms with van der Waals surface area (Å²) in [5.41, 5.74) is 6.02. The topological polar surface area (TPSA) is 32.5 Å². The van der Waals surface area contributed by atoms with Crippen LogP contribution in [0.4, 0.5) is 0 Å². The monoisotopic (exact) mass is 239 g/mol. The maximum absolute atomic E-state index is 6.02. The number of likely N-dealkylation sites (N-methyl/N-ethyl adjacent to an activating group) is 1. The summed E-state index contributed by atoms with van der Waals surface area (Å²) < 4.78 is 0. The molecule has 2 fully saturated rings. The van der Waals surface area contributed by atoms with Crippen molar-refractivity contribution >= 4 is 0 Å². The van der Waals surface area contributed by atoms with Gasteiger partial charge in [0.2, 0.25) is 0 Å². The molecule has 3 heteroatoms. The summed E-state index contributed by atoms with van der Waals surface area (Å²) >= 11 is 0. The molecule has 1 atom stereocenters. The van der Waals surface area contributed by atoms with Crippen molar-refractivity contribution in [2.24, 2.45) is 5.73 Å². The van der Waals surface area contributed by atoms with Crippen LogP contribution in [0.25, 0.3) is 0 Å². The number of hydrogen-bond donors (Lipinski definition) is 1. The molecule has 1 unspecified atom stereocenters. The van der Waals surface area contributed by atoms with Crippen LogP contribution in [-0.4, -0.2) is 54.6 Å². The lowest BCUT2D eigenvalue weighted by Gasteiger charge is -2.40. The minimum atomic E-state index is 0.473. The van der Waals surface area contributed by atoms with Gasteiger partial charge in [-0.2, -0.15) is 0 Å². The Kier molecular flexibility index (Phi) is 4.83. The van der Waals surface area contributed by atoms with Crippen molar-refractivity contribution in [3.8, 4) is 0 Å². The second-order valence-electron chi connectivity index (χ2n) is 5.98. The third kappa shape index (κ3) is 3.43. The zero-order valence-electron chi connectivity index (χ0n) is 11.6. The van der Waals surface area contributed by atoms with E-state index >= 15 is 0 Å². The van der Waals surface area contributed by atoms with Gasteiger partial charge in [-0.15, -0.1) is 0 Å². The standard InChI is InChI=1S/C14H29N3/c1-3-13-11-16(2)9-4-10-17(13)14-7-5-12(15)6-8-14/h12-14H,3-11,15H2,1-2H3. The molecule has 0 bridgehead atoms. The molecule has 1 heterocycles. The summed E-state index contributed by atoms with van der Waals surface area (Å²) in [6, 6.07) is 2.05. The second kappa shape index (κ2) is 6.17. The quantitative estimate of drug-likeness (QED) is 0.795. The van der Waals surface area contributed by atoms with Crippen LogP contribution in [0, 0.1) is 0 Å². The van der Waals surface area contributed by atoms with Crippen LogP contribution in [0.15, 0.2) is 0 Å². The van der Waals surface area contributed by atoms with Crippen molar-refractivity contribution in [2.75, 3.05) is 26.7 Å². The summed E-state index contributed by atoms with van der Waals surface area (Å²) in [7, 11) is 2.27. The minimum Gasteiger partial charge on any atom is -0.328 e. The highest BCUT2D eigenvalue weighted by molar-refractivity contribution is 4.87. The Balaban J connectivity index is 1.96. The van der Waals surface area contributed by atoms with Gasteiger partial charge < -0.3 is 10.6 Å². The van der Waals surface area contributed by atoms with Crippen molar-refractivity contribution < 1.29 is 0 Å². The van der Waals surface area contributed by atoms with E-state index in [9.17, 15) is 0 Å². The molecule has 3 nitrogen and oxygen atoms in total. The van der Waals surface area contributed by atoms with E-state index in [0.717, 1.165) is 12.1 Å². The van der Waals surface area contributed by atoms with E-state index in [1.165, 1.54) is 58.2 Å². The Hall–Kier alpha value is -0.120. The van der Waals surface area contributed by atoms with Gasteiger partial charge in [0, 0.05) is 24.7 Å². The SMILES string of the molecule is CCC1CN(C)CCCN1C1CCC(N)CC1. The molecule has 2 aliphatic rings. The molecular formula is C14H29N3. The predicted octanol–water partition coefficient (Wildman–Crippen LogP) is 1.67. The predicted molar refractivity (Wildman–Crippen MR) is 73.1 cm³/mol. The summed E-state index contributed by atoms with van der Waals surface area (Å²) in [6.07, 6.45) is 7.71. The summed E-state index contributed by atoms with van der Waals surface area (Å²) in [4.78, 5) is 5.30. The average Bonchev–Trinajstić information content (AvgIpc) is 2.52. The van der Waals surface area contributed by atoms with E-state index in [1.54, 1.807) is 0 Å². The Morgan fingerprint density at radius 1 is 1.12 bits per heavy atom. The molecule has 1 aliphatic heterocycles. The van der Waals surface area contributed by atoms with Crippen molar-refractivity contribution in [1.29, 1.82) is 0 Å². The van der Waals surface area contributed by atoms with Gasteiger partial charge >= 0.3 is 0 Å². The molecule has 0 aromatic heterocycles. The molecule has 1 aliphatic carbocycles. The van der Waals surface area contributed by atoms with E-state index in [0.29, 0.717) is 6.04 Å². The van der Waals surface area contributed by atoms with Gasteiger partial charge in [0.25, 0.3) is 0 Å². The first-order valence-electron chi connectivity index (χ1n) is 7.40. The fourth-order valence-electron chi connectivity index (χ4n) is 3.54. The molecule has 0 radical (unpaired) electrons. The van der Waals surface area contributed by atoms with Crippen LogP contribution >= 0.6 is 0 Å². The highest BCUT2D eigenvalue weighted by Crippen LogP contribution is 2.26. The molecule has 100 valence electrons. The van der Waals surface area contributed by atoms with Crippen molar-refractivity contribution in [3.63, 3.8) is 0 Å². The largest absolute Gasteiger partial charge is 0.328 e. The smallest absolute Gasteiger partial charge is 0.0223 e. The number of nitrogens with zero attached hydrogens (tertiary/aromatic N) is 2. The second-order valence-corrected chi connectivity index (χ2v) is 5.98. The van der Waals surface area contributed by atoms with Gasteiger partial charge in [-0.1, -0.05) is 6.92 Å². The van der Waals surface area contributed by atoms with Crippen LogP contribution in [0.1, 0.15) is 45.4 Å². The van der Waals surface area contributed by atoms with E-state index in [-0.39, 0.29) is 0 Å². The molecule has 2 N–H and O–H groups in total. The Labute approximate surface area is 106 Å². The molecule has 2 rings (SSSR count).